The van der Waals surface area contributed by atoms with Crippen molar-refractivity contribution in [1.82, 2.24) is 14.9 Å². The van der Waals surface area contributed by atoms with Gasteiger partial charge in [-0.05, 0) is 13.8 Å². The van der Waals surface area contributed by atoms with Crippen LogP contribution in [0.15, 0.2) is 12.4 Å². The molecule has 0 aliphatic heterocycles. The first-order valence-corrected chi connectivity index (χ1v) is 4.55. The summed E-state index contributed by atoms with van der Waals surface area (Å²) in [6, 6.07) is -0.144. The number of ether oxygens (including phenoxy) is 1. The Labute approximate surface area is 83.1 Å². The lowest BCUT2D eigenvalue weighted by Gasteiger charge is -2.12. The molecule has 1 aromatic rings. The van der Waals surface area contributed by atoms with E-state index in [1.54, 1.807) is 13.1 Å². The summed E-state index contributed by atoms with van der Waals surface area (Å²) in [6.45, 7) is 4.00. The van der Waals surface area contributed by atoms with Crippen LogP contribution in [0.5, 0.6) is 0 Å². The molecule has 0 fully saturated rings. The Balaban J connectivity index is 2.54. The van der Waals surface area contributed by atoms with Crippen LogP contribution in [-0.4, -0.2) is 22.3 Å². The van der Waals surface area contributed by atoms with Gasteiger partial charge in [0.05, 0.1) is 12.6 Å². The van der Waals surface area contributed by atoms with Crippen molar-refractivity contribution in [2.45, 2.75) is 19.9 Å². The molecular formula is C9H15N3O2. The van der Waals surface area contributed by atoms with E-state index in [1.165, 1.54) is 0 Å². The fraction of sp³-hybridized carbons (Fsp3) is 0.556. The number of alkyl carbamates (subject to hydrolysis) is 1. The molecule has 78 valence electrons. The minimum atomic E-state index is -0.414. The van der Waals surface area contributed by atoms with Crippen LogP contribution in [0.3, 0.4) is 0 Å². The lowest BCUT2D eigenvalue weighted by Crippen LogP contribution is -2.28. The first-order chi connectivity index (χ1) is 6.65. The molecule has 0 spiro atoms. The van der Waals surface area contributed by atoms with Gasteiger partial charge in [0.2, 0.25) is 0 Å². The van der Waals surface area contributed by atoms with Gasteiger partial charge in [-0.3, -0.25) is 0 Å². The Morgan fingerprint density at radius 1 is 1.79 bits per heavy atom. The van der Waals surface area contributed by atoms with E-state index < -0.39 is 6.09 Å². The van der Waals surface area contributed by atoms with Crippen molar-refractivity contribution in [2.24, 2.45) is 7.05 Å². The first kappa shape index (κ1) is 10.6. The average molecular weight is 197 g/mol. The molecule has 0 saturated heterocycles. The van der Waals surface area contributed by atoms with Gasteiger partial charge in [-0.25, -0.2) is 9.78 Å². The molecule has 1 unspecified atom stereocenters. The molecule has 0 radical (unpaired) electrons. The van der Waals surface area contributed by atoms with Gasteiger partial charge in [0.25, 0.3) is 0 Å². The highest BCUT2D eigenvalue weighted by atomic mass is 16.5. The maximum Gasteiger partial charge on any atom is 0.407 e. The molecule has 5 heteroatoms. The van der Waals surface area contributed by atoms with Crippen LogP contribution in [0.2, 0.25) is 0 Å². The number of aryl methyl sites for hydroxylation is 1. The molecule has 5 nitrogen and oxygen atoms in total. The average Bonchev–Trinajstić information content (AvgIpc) is 2.51. The van der Waals surface area contributed by atoms with Crippen molar-refractivity contribution in [1.29, 1.82) is 0 Å². The van der Waals surface area contributed by atoms with E-state index in [0.29, 0.717) is 6.61 Å². The summed E-state index contributed by atoms with van der Waals surface area (Å²) in [7, 11) is 1.88. The van der Waals surface area contributed by atoms with Crippen molar-refractivity contribution in [3.8, 4) is 0 Å². The zero-order valence-corrected chi connectivity index (χ0v) is 8.65. The van der Waals surface area contributed by atoms with Gasteiger partial charge in [-0.2, -0.15) is 0 Å². The van der Waals surface area contributed by atoms with Crippen molar-refractivity contribution in [3.05, 3.63) is 18.2 Å². The predicted octanol–water partition coefficient (Wildman–Crippen LogP) is 1.23. The Kier molecular flexibility index (Phi) is 3.50. The van der Waals surface area contributed by atoms with Crippen molar-refractivity contribution >= 4 is 6.09 Å². The van der Waals surface area contributed by atoms with Gasteiger partial charge < -0.3 is 14.6 Å². The Bertz CT molecular complexity index is 309. The minimum absolute atomic E-state index is 0.144. The fourth-order valence-electron chi connectivity index (χ4n) is 1.21. The second-order valence-electron chi connectivity index (χ2n) is 2.98. The molecule has 0 bridgehead atoms. The zero-order valence-electron chi connectivity index (χ0n) is 8.65. The number of nitrogens with one attached hydrogen (secondary N) is 1. The molecule has 14 heavy (non-hydrogen) atoms. The summed E-state index contributed by atoms with van der Waals surface area (Å²) in [5, 5.41) is 2.68. The molecule has 1 N–H and O–H groups in total. The summed E-state index contributed by atoms with van der Waals surface area (Å²) in [5.74, 6) is 0.804. The molecule has 1 atom stereocenters. The Hall–Kier alpha value is -1.52. The van der Waals surface area contributed by atoms with Gasteiger partial charge in [-0.1, -0.05) is 0 Å². The van der Waals surface area contributed by atoms with Crippen LogP contribution < -0.4 is 5.32 Å². The van der Waals surface area contributed by atoms with E-state index >= 15 is 0 Å². The van der Waals surface area contributed by atoms with Crippen LogP contribution in [-0.2, 0) is 11.8 Å². The van der Waals surface area contributed by atoms with Gasteiger partial charge in [0.15, 0.2) is 0 Å². The molecular weight excluding hydrogens is 182 g/mol. The van der Waals surface area contributed by atoms with Gasteiger partial charge in [0, 0.05) is 19.4 Å². The molecule has 1 heterocycles. The number of carbonyl (C=O) groups excluding carboxylic acids is 1. The zero-order chi connectivity index (χ0) is 10.6. The summed E-state index contributed by atoms with van der Waals surface area (Å²) in [6.07, 6.45) is 3.11. The first-order valence-electron chi connectivity index (χ1n) is 4.55. The summed E-state index contributed by atoms with van der Waals surface area (Å²) in [5.41, 5.74) is 0. The number of amides is 1. The van der Waals surface area contributed by atoms with E-state index in [4.69, 9.17) is 4.74 Å². The van der Waals surface area contributed by atoms with E-state index in [1.807, 2.05) is 24.7 Å². The number of imidazole rings is 1. The second kappa shape index (κ2) is 4.64. The fourth-order valence-corrected chi connectivity index (χ4v) is 1.21. The highest BCUT2D eigenvalue weighted by Gasteiger charge is 2.13. The third-order valence-corrected chi connectivity index (χ3v) is 1.86. The number of aromatic nitrogens is 2. The van der Waals surface area contributed by atoms with E-state index in [-0.39, 0.29) is 6.04 Å². The lowest BCUT2D eigenvalue weighted by atomic mass is 10.3. The monoisotopic (exact) mass is 197 g/mol. The van der Waals surface area contributed by atoms with E-state index in [9.17, 15) is 4.79 Å². The van der Waals surface area contributed by atoms with Crippen LogP contribution >= 0.6 is 0 Å². The van der Waals surface area contributed by atoms with Gasteiger partial charge in [0.1, 0.15) is 5.82 Å². The summed E-state index contributed by atoms with van der Waals surface area (Å²) in [4.78, 5) is 15.2. The lowest BCUT2D eigenvalue weighted by molar-refractivity contribution is 0.148. The number of nitrogens with zero attached hydrogens (tertiary/aromatic N) is 2. The third kappa shape index (κ3) is 2.48. The number of hydrogen-bond donors (Lipinski definition) is 1. The van der Waals surface area contributed by atoms with Crippen LogP contribution in [0.1, 0.15) is 25.7 Å². The van der Waals surface area contributed by atoms with Crippen LogP contribution in [0, 0.1) is 0 Å². The highest BCUT2D eigenvalue weighted by Crippen LogP contribution is 2.07. The molecule has 1 amide bonds. The maximum atomic E-state index is 11.1. The molecule has 1 rings (SSSR count). The quantitative estimate of drug-likeness (QED) is 0.792. The smallest absolute Gasteiger partial charge is 0.407 e. The van der Waals surface area contributed by atoms with Crippen LogP contribution in [0.4, 0.5) is 4.79 Å². The highest BCUT2D eigenvalue weighted by molar-refractivity contribution is 5.67. The van der Waals surface area contributed by atoms with Gasteiger partial charge >= 0.3 is 6.09 Å². The minimum Gasteiger partial charge on any atom is -0.450 e. The molecule has 0 saturated carbocycles. The number of carbonyl (C=O) groups is 1. The standard InChI is InChI=1S/C9H15N3O2/c1-4-14-9(13)11-7(2)8-10-5-6-12(8)3/h5-7H,4H2,1-3H3,(H,11,13). The molecule has 0 aliphatic rings. The second-order valence-corrected chi connectivity index (χ2v) is 2.98. The van der Waals surface area contributed by atoms with E-state index in [0.717, 1.165) is 5.82 Å². The molecule has 0 aromatic carbocycles. The number of rotatable bonds is 3. The van der Waals surface area contributed by atoms with E-state index in [2.05, 4.69) is 10.3 Å². The van der Waals surface area contributed by atoms with Crippen molar-refractivity contribution < 1.29 is 9.53 Å². The third-order valence-electron chi connectivity index (χ3n) is 1.86. The largest absolute Gasteiger partial charge is 0.450 e. The van der Waals surface area contributed by atoms with Crippen molar-refractivity contribution in [2.75, 3.05) is 6.61 Å². The normalized spacial score (nSPS) is 12.2. The SMILES string of the molecule is CCOC(=O)NC(C)c1nccn1C. The summed E-state index contributed by atoms with van der Waals surface area (Å²) >= 11 is 0. The topological polar surface area (TPSA) is 56.1 Å². The number of hydrogen-bond acceptors (Lipinski definition) is 3. The predicted molar refractivity (Wildman–Crippen MR) is 51.8 cm³/mol. The summed E-state index contributed by atoms with van der Waals surface area (Å²) < 4.78 is 6.62. The van der Waals surface area contributed by atoms with Crippen LogP contribution in [0.25, 0.3) is 0 Å². The molecule has 0 aliphatic carbocycles. The molecule has 1 aromatic heterocycles. The Morgan fingerprint density at radius 2 is 2.50 bits per heavy atom. The van der Waals surface area contributed by atoms with Gasteiger partial charge in [-0.15, -0.1) is 0 Å². The Morgan fingerprint density at radius 3 is 3.00 bits per heavy atom. The maximum absolute atomic E-state index is 11.1. The van der Waals surface area contributed by atoms with Crippen molar-refractivity contribution in [3.63, 3.8) is 0 Å².